The van der Waals surface area contributed by atoms with Crippen molar-refractivity contribution >= 4 is 23.1 Å². The number of aryl methyl sites for hydroxylation is 1. The second kappa shape index (κ2) is 6.27. The summed E-state index contributed by atoms with van der Waals surface area (Å²) >= 11 is 7.27. The molecule has 2 rings (SSSR count). The number of aromatic nitrogens is 2. The van der Waals surface area contributed by atoms with E-state index in [1.165, 1.54) is 17.1 Å². The summed E-state index contributed by atoms with van der Waals surface area (Å²) in [7, 11) is 0. The normalized spacial score (nSPS) is 12.6. The summed E-state index contributed by atoms with van der Waals surface area (Å²) in [5, 5.41) is 4.90. The molecular weight excluding hydrogens is 266 g/mol. The second-order valence-electron chi connectivity index (χ2n) is 4.27. The van der Waals surface area contributed by atoms with Gasteiger partial charge in [0, 0.05) is 11.1 Å². The minimum atomic E-state index is -0.0345. The molecule has 0 aliphatic heterocycles. The minimum Gasteiger partial charge on any atom is -0.323 e. The first-order valence-electron chi connectivity index (χ1n) is 6.02. The lowest BCUT2D eigenvalue weighted by molar-refractivity contribution is 0.715. The van der Waals surface area contributed by atoms with Crippen LogP contribution in [0.3, 0.4) is 0 Å². The van der Waals surface area contributed by atoms with Gasteiger partial charge in [0.1, 0.15) is 0 Å². The summed E-state index contributed by atoms with van der Waals surface area (Å²) < 4.78 is 4.01. The fraction of sp³-hybridized carbons (Fsp3) is 0.385. The van der Waals surface area contributed by atoms with E-state index in [0.29, 0.717) is 0 Å². The predicted octanol–water partition coefficient (Wildman–Crippen LogP) is 3.39. The van der Waals surface area contributed by atoms with E-state index >= 15 is 0 Å². The maximum absolute atomic E-state index is 6.24. The van der Waals surface area contributed by atoms with Crippen molar-refractivity contribution in [2.75, 3.05) is 0 Å². The van der Waals surface area contributed by atoms with E-state index < -0.39 is 0 Å². The van der Waals surface area contributed by atoms with Gasteiger partial charge in [0.2, 0.25) is 0 Å². The summed E-state index contributed by atoms with van der Waals surface area (Å²) in [5.74, 6) is 0. The topological polar surface area (TPSA) is 51.8 Å². The number of hydrogen-bond acceptors (Lipinski definition) is 4. The van der Waals surface area contributed by atoms with E-state index in [-0.39, 0.29) is 6.04 Å². The third-order valence-corrected chi connectivity index (χ3v) is 3.93. The van der Waals surface area contributed by atoms with E-state index in [0.717, 1.165) is 34.9 Å². The fourth-order valence-electron chi connectivity index (χ4n) is 1.87. The van der Waals surface area contributed by atoms with Gasteiger partial charge in [-0.1, -0.05) is 41.6 Å². The fourth-order valence-corrected chi connectivity index (χ4v) is 2.69. The van der Waals surface area contributed by atoms with Crippen LogP contribution in [-0.4, -0.2) is 9.59 Å². The molecule has 1 unspecified atom stereocenters. The first kappa shape index (κ1) is 13.5. The maximum Gasteiger partial charge on any atom is 0.0803 e. The highest BCUT2D eigenvalue weighted by Gasteiger charge is 2.15. The Labute approximate surface area is 116 Å². The average molecular weight is 282 g/mol. The molecule has 3 nitrogen and oxygen atoms in total. The lowest BCUT2D eigenvalue weighted by Crippen LogP contribution is -2.13. The Hall–Kier alpha value is -0.970. The second-order valence-corrected chi connectivity index (χ2v) is 5.49. The molecular formula is C13H16ClN3S. The van der Waals surface area contributed by atoms with E-state index in [1.54, 1.807) is 0 Å². The zero-order chi connectivity index (χ0) is 13.0. The number of rotatable bonds is 5. The summed E-state index contributed by atoms with van der Waals surface area (Å²) in [5.41, 5.74) is 8.47. The molecule has 0 radical (unpaired) electrons. The van der Waals surface area contributed by atoms with Crippen LogP contribution in [0.15, 0.2) is 24.3 Å². The highest BCUT2D eigenvalue weighted by molar-refractivity contribution is 7.05. The van der Waals surface area contributed by atoms with Crippen molar-refractivity contribution < 1.29 is 0 Å². The van der Waals surface area contributed by atoms with Crippen LogP contribution in [-0.2, 0) is 12.8 Å². The molecule has 0 aliphatic rings. The molecule has 1 aromatic heterocycles. The van der Waals surface area contributed by atoms with Gasteiger partial charge >= 0.3 is 0 Å². The molecule has 96 valence electrons. The number of halogens is 1. The van der Waals surface area contributed by atoms with Crippen molar-refractivity contribution in [2.24, 2.45) is 5.73 Å². The smallest absolute Gasteiger partial charge is 0.0803 e. The Kier molecular flexibility index (Phi) is 4.69. The summed E-state index contributed by atoms with van der Waals surface area (Å²) in [6.07, 6.45) is 2.80. The molecule has 0 bridgehead atoms. The maximum atomic E-state index is 6.24. The van der Waals surface area contributed by atoms with Crippen LogP contribution in [0.5, 0.6) is 0 Å². The van der Waals surface area contributed by atoms with Crippen LogP contribution in [0.2, 0.25) is 5.02 Å². The predicted molar refractivity (Wildman–Crippen MR) is 76.0 cm³/mol. The summed E-state index contributed by atoms with van der Waals surface area (Å²) in [4.78, 5) is 1.10. The van der Waals surface area contributed by atoms with E-state index in [1.807, 2.05) is 24.3 Å². The van der Waals surface area contributed by atoms with Crippen LogP contribution < -0.4 is 5.73 Å². The van der Waals surface area contributed by atoms with Gasteiger partial charge in [0.15, 0.2) is 0 Å². The first-order chi connectivity index (χ1) is 8.70. The van der Waals surface area contributed by atoms with Crippen LogP contribution >= 0.6 is 23.1 Å². The third-order valence-electron chi connectivity index (χ3n) is 2.78. The molecule has 18 heavy (non-hydrogen) atoms. The standard InChI is InChI=1S/C13H16ClN3S/c1-2-3-12-13(18-17-16-12)11(15)8-9-4-6-10(14)7-5-9/h4-7,11H,2-3,8,15H2,1H3. The third kappa shape index (κ3) is 3.28. The van der Waals surface area contributed by atoms with Crippen molar-refractivity contribution in [1.29, 1.82) is 0 Å². The van der Waals surface area contributed by atoms with Crippen molar-refractivity contribution in [3.05, 3.63) is 45.4 Å². The van der Waals surface area contributed by atoms with Gasteiger partial charge in [-0.05, 0) is 42.1 Å². The molecule has 1 atom stereocenters. The highest BCUT2D eigenvalue weighted by Crippen LogP contribution is 2.23. The van der Waals surface area contributed by atoms with Gasteiger partial charge in [-0.2, -0.15) is 0 Å². The van der Waals surface area contributed by atoms with Crippen molar-refractivity contribution in [3.8, 4) is 0 Å². The SMILES string of the molecule is CCCc1nnsc1C(N)Cc1ccc(Cl)cc1. The number of nitrogens with zero attached hydrogens (tertiary/aromatic N) is 2. The Bertz CT molecular complexity index is 495. The highest BCUT2D eigenvalue weighted by atomic mass is 35.5. The Balaban J connectivity index is 2.09. The molecule has 0 aliphatic carbocycles. The summed E-state index contributed by atoms with van der Waals surface area (Å²) in [6, 6.07) is 7.77. The van der Waals surface area contributed by atoms with Gasteiger partial charge in [0.05, 0.1) is 10.6 Å². The molecule has 5 heteroatoms. The lowest BCUT2D eigenvalue weighted by Gasteiger charge is -2.10. The van der Waals surface area contributed by atoms with E-state index in [2.05, 4.69) is 16.5 Å². The first-order valence-corrected chi connectivity index (χ1v) is 7.17. The van der Waals surface area contributed by atoms with Crippen LogP contribution in [0.4, 0.5) is 0 Å². The Morgan fingerprint density at radius 2 is 2.06 bits per heavy atom. The van der Waals surface area contributed by atoms with Gasteiger partial charge in [-0.25, -0.2) is 0 Å². The van der Waals surface area contributed by atoms with Gasteiger partial charge < -0.3 is 5.73 Å². The Morgan fingerprint density at radius 3 is 2.72 bits per heavy atom. The van der Waals surface area contributed by atoms with Gasteiger partial charge in [-0.15, -0.1) is 5.10 Å². The number of benzene rings is 1. The zero-order valence-corrected chi connectivity index (χ0v) is 11.8. The molecule has 0 fully saturated rings. The summed E-state index contributed by atoms with van der Waals surface area (Å²) in [6.45, 7) is 2.13. The quantitative estimate of drug-likeness (QED) is 0.914. The van der Waals surface area contributed by atoms with Crippen molar-refractivity contribution in [2.45, 2.75) is 32.2 Å². The number of nitrogens with two attached hydrogens (primary N) is 1. The molecule has 2 N–H and O–H groups in total. The molecule has 1 heterocycles. The van der Waals surface area contributed by atoms with Crippen LogP contribution in [0, 0.1) is 0 Å². The van der Waals surface area contributed by atoms with Gasteiger partial charge in [-0.3, -0.25) is 0 Å². The monoisotopic (exact) mass is 281 g/mol. The molecule has 0 saturated carbocycles. The molecule has 0 amide bonds. The minimum absolute atomic E-state index is 0.0345. The van der Waals surface area contributed by atoms with Crippen LogP contribution in [0.25, 0.3) is 0 Å². The average Bonchev–Trinajstić information content (AvgIpc) is 2.81. The lowest BCUT2D eigenvalue weighted by atomic mass is 10.0. The molecule has 2 aromatic rings. The van der Waals surface area contributed by atoms with Crippen molar-refractivity contribution in [3.63, 3.8) is 0 Å². The van der Waals surface area contributed by atoms with Gasteiger partial charge in [0.25, 0.3) is 0 Å². The number of hydrogen-bond donors (Lipinski definition) is 1. The van der Waals surface area contributed by atoms with E-state index in [4.69, 9.17) is 17.3 Å². The Morgan fingerprint density at radius 1 is 1.33 bits per heavy atom. The molecule has 1 aromatic carbocycles. The van der Waals surface area contributed by atoms with E-state index in [9.17, 15) is 0 Å². The van der Waals surface area contributed by atoms with Crippen LogP contribution in [0.1, 0.15) is 35.5 Å². The molecule has 0 saturated heterocycles. The largest absolute Gasteiger partial charge is 0.323 e. The van der Waals surface area contributed by atoms with Crippen molar-refractivity contribution in [1.82, 2.24) is 9.59 Å². The molecule has 0 spiro atoms. The zero-order valence-electron chi connectivity index (χ0n) is 10.3.